The van der Waals surface area contributed by atoms with Gasteiger partial charge in [0.1, 0.15) is 0 Å². The normalized spacial score (nSPS) is 10.1. The molecule has 0 unspecified atom stereocenters. The number of amides is 1. The molecule has 0 aliphatic carbocycles. The molecule has 16 heavy (non-hydrogen) atoms. The Morgan fingerprint density at radius 3 is 2.75 bits per heavy atom. The van der Waals surface area contributed by atoms with E-state index in [1.807, 2.05) is 35.7 Å². The summed E-state index contributed by atoms with van der Waals surface area (Å²) in [5.74, 6) is -0.0595. The van der Waals surface area contributed by atoms with Crippen molar-refractivity contribution in [2.75, 3.05) is 0 Å². The molecule has 1 aromatic carbocycles. The van der Waals surface area contributed by atoms with Gasteiger partial charge in [0.15, 0.2) is 0 Å². The van der Waals surface area contributed by atoms with Crippen LogP contribution in [0.4, 0.5) is 0 Å². The number of halogens is 1. The van der Waals surface area contributed by atoms with Crippen LogP contribution in [-0.4, -0.2) is 5.91 Å². The second-order valence-electron chi connectivity index (χ2n) is 2.94. The summed E-state index contributed by atoms with van der Waals surface area (Å²) in [5, 5.41) is 1.89. The zero-order chi connectivity index (χ0) is 11.4. The highest BCUT2D eigenvalue weighted by atomic mass is 79.9. The molecule has 0 aliphatic heterocycles. The van der Waals surface area contributed by atoms with E-state index in [2.05, 4.69) is 20.7 Å². The number of rotatable bonds is 3. The van der Waals surface area contributed by atoms with Crippen LogP contribution in [0.1, 0.15) is 9.67 Å². The molecule has 0 saturated carbocycles. The third kappa shape index (κ3) is 2.87. The molecule has 1 heterocycles. The molecule has 0 fully saturated rings. The highest BCUT2D eigenvalue weighted by Gasteiger charge is 2.07. The highest BCUT2D eigenvalue weighted by Crippen LogP contribution is 2.25. The average molecular weight is 314 g/mol. The summed E-state index contributed by atoms with van der Waals surface area (Å²) in [6.45, 7) is 0. The number of carbonyl (C=O) groups excluding carboxylic acids is 1. The second-order valence-corrected chi connectivity index (χ2v) is 5.59. The first kappa shape index (κ1) is 11.7. The Hall–Kier alpha value is -0.780. The van der Waals surface area contributed by atoms with Crippen LogP contribution < -0.4 is 4.72 Å². The van der Waals surface area contributed by atoms with Gasteiger partial charge in [-0.1, -0.05) is 18.2 Å². The van der Waals surface area contributed by atoms with E-state index in [0.717, 1.165) is 14.2 Å². The summed E-state index contributed by atoms with van der Waals surface area (Å²) < 4.78 is 3.78. The molecule has 1 amide bonds. The van der Waals surface area contributed by atoms with Crippen LogP contribution in [-0.2, 0) is 0 Å². The minimum Gasteiger partial charge on any atom is -0.291 e. The molecule has 0 spiro atoms. The van der Waals surface area contributed by atoms with Crippen LogP contribution in [0, 0.1) is 0 Å². The highest BCUT2D eigenvalue weighted by molar-refractivity contribution is 9.10. The monoisotopic (exact) mass is 313 g/mol. The van der Waals surface area contributed by atoms with E-state index in [1.165, 1.54) is 23.3 Å². The zero-order valence-electron chi connectivity index (χ0n) is 8.14. The summed E-state index contributed by atoms with van der Waals surface area (Å²) in [6.07, 6.45) is 0. The molecule has 0 aliphatic rings. The van der Waals surface area contributed by atoms with Crippen molar-refractivity contribution in [2.45, 2.75) is 4.90 Å². The van der Waals surface area contributed by atoms with Crippen molar-refractivity contribution >= 4 is 45.1 Å². The van der Waals surface area contributed by atoms with Gasteiger partial charge >= 0.3 is 0 Å². The molecule has 0 atom stereocenters. The van der Waals surface area contributed by atoms with Crippen molar-refractivity contribution in [3.8, 4) is 0 Å². The fourth-order valence-electron chi connectivity index (χ4n) is 1.09. The standard InChI is InChI=1S/C11H8BrNOS2/c12-8-4-1-2-5-9(8)16-13-11(14)10-6-3-7-15-10/h1-7H,(H,13,14). The lowest BCUT2D eigenvalue weighted by atomic mass is 10.4. The molecule has 1 aromatic heterocycles. The smallest absolute Gasteiger partial charge is 0.271 e. The van der Waals surface area contributed by atoms with Crippen LogP contribution in [0.3, 0.4) is 0 Å². The third-order valence-electron chi connectivity index (χ3n) is 1.84. The Kier molecular flexibility index (Phi) is 4.04. The predicted molar refractivity (Wildman–Crippen MR) is 71.8 cm³/mol. The minimum absolute atomic E-state index is 0.0595. The molecular formula is C11H8BrNOS2. The maximum absolute atomic E-state index is 11.7. The molecule has 0 radical (unpaired) electrons. The van der Waals surface area contributed by atoms with Crippen molar-refractivity contribution in [3.63, 3.8) is 0 Å². The van der Waals surface area contributed by atoms with Crippen molar-refractivity contribution in [1.29, 1.82) is 0 Å². The van der Waals surface area contributed by atoms with Crippen LogP contribution in [0.5, 0.6) is 0 Å². The van der Waals surface area contributed by atoms with Gasteiger partial charge in [0.25, 0.3) is 5.91 Å². The minimum atomic E-state index is -0.0595. The van der Waals surface area contributed by atoms with Crippen LogP contribution in [0.2, 0.25) is 0 Å². The molecular weight excluding hydrogens is 306 g/mol. The van der Waals surface area contributed by atoms with Crippen LogP contribution >= 0.6 is 39.2 Å². The first-order valence-corrected chi connectivity index (χ1v) is 7.01. The van der Waals surface area contributed by atoms with Gasteiger partial charge in [0, 0.05) is 9.37 Å². The summed E-state index contributed by atoms with van der Waals surface area (Å²) in [7, 11) is 0. The zero-order valence-corrected chi connectivity index (χ0v) is 11.4. The van der Waals surface area contributed by atoms with Gasteiger partial charge in [-0.3, -0.25) is 9.52 Å². The number of nitrogens with one attached hydrogen (secondary N) is 1. The van der Waals surface area contributed by atoms with Gasteiger partial charge in [0.2, 0.25) is 0 Å². The van der Waals surface area contributed by atoms with E-state index in [-0.39, 0.29) is 5.91 Å². The molecule has 5 heteroatoms. The first-order valence-electron chi connectivity index (χ1n) is 4.52. The summed E-state index contributed by atoms with van der Waals surface area (Å²) in [4.78, 5) is 13.4. The molecule has 1 N–H and O–H groups in total. The molecule has 0 bridgehead atoms. The van der Waals surface area contributed by atoms with Crippen molar-refractivity contribution in [2.24, 2.45) is 0 Å². The molecule has 82 valence electrons. The maximum atomic E-state index is 11.7. The lowest BCUT2D eigenvalue weighted by molar-refractivity contribution is 0.0988. The quantitative estimate of drug-likeness (QED) is 0.869. The summed E-state index contributed by atoms with van der Waals surface area (Å²) in [5.41, 5.74) is 0. The summed E-state index contributed by atoms with van der Waals surface area (Å²) >= 11 is 6.17. The predicted octanol–water partition coefficient (Wildman–Crippen LogP) is 3.95. The Bertz CT molecular complexity index is 484. The first-order chi connectivity index (χ1) is 7.77. The van der Waals surface area contributed by atoms with Crippen molar-refractivity contribution in [1.82, 2.24) is 4.72 Å². The number of hydrogen-bond acceptors (Lipinski definition) is 3. The number of benzene rings is 1. The molecule has 2 rings (SSSR count). The molecule has 0 saturated heterocycles. The fourth-order valence-corrected chi connectivity index (χ4v) is 2.92. The Labute approximate surface area is 110 Å². The maximum Gasteiger partial charge on any atom is 0.271 e. The van der Waals surface area contributed by atoms with E-state index in [4.69, 9.17) is 0 Å². The van der Waals surface area contributed by atoms with Gasteiger partial charge in [-0.25, -0.2) is 0 Å². The molecule has 2 aromatic rings. The van der Waals surface area contributed by atoms with Gasteiger partial charge in [-0.05, 0) is 51.5 Å². The number of hydrogen-bond donors (Lipinski definition) is 1. The topological polar surface area (TPSA) is 29.1 Å². The van der Waals surface area contributed by atoms with Gasteiger partial charge in [-0.2, -0.15) is 0 Å². The van der Waals surface area contributed by atoms with Gasteiger partial charge in [-0.15, -0.1) is 11.3 Å². The largest absolute Gasteiger partial charge is 0.291 e. The van der Waals surface area contributed by atoms with E-state index in [1.54, 1.807) is 6.07 Å². The summed E-state index contributed by atoms with van der Waals surface area (Å²) in [6, 6.07) is 11.4. The van der Waals surface area contributed by atoms with E-state index < -0.39 is 0 Å². The second kappa shape index (κ2) is 5.52. The lowest BCUT2D eigenvalue weighted by Gasteiger charge is -2.04. The van der Waals surface area contributed by atoms with Crippen molar-refractivity contribution < 1.29 is 4.79 Å². The Morgan fingerprint density at radius 2 is 2.06 bits per heavy atom. The fraction of sp³-hybridized carbons (Fsp3) is 0. The Balaban J connectivity index is 1.98. The van der Waals surface area contributed by atoms with Gasteiger partial charge < -0.3 is 0 Å². The van der Waals surface area contributed by atoms with E-state index in [9.17, 15) is 4.79 Å². The van der Waals surface area contributed by atoms with Crippen LogP contribution in [0.15, 0.2) is 51.1 Å². The number of carbonyl (C=O) groups is 1. The SMILES string of the molecule is O=C(NSc1ccccc1Br)c1cccs1. The molecule has 2 nitrogen and oxygen atoms in total. The van der Waals surface area contributed by atoms with Crippen LogP contribution in [0.25, 0.3) is 0 Å². The lowest BCUT2D eigenvalue weighted by Crippen LogP contribution is -2.13. The van der Waals surface area contributed by atoms with E-state index in [0.29, 0.717) is 0 Å². The Morgan fingerprint density at radius 1 is 1.25 bits per heavy atom. The third-order valence-corrected chi connectivity index (χ3v) is 4.52. The van der Waals surface area contributed by atoms with Crippen molar-refractivity contribution in [3.05, 3.63) is 51.1 Å². The van der Waals surface area contributed by atoms with E-state index >= 15 is 0 Å². The average Bonchev–Trinajstić information content (AvgIpc) is 2.81. The van der Waals surface area contributed by atoms with Gasteiger partial charge in [0.05, 0.1) is 4.88 Å². The number of thiophene rings is 1.